The molecule has 1 amide bonds. The third-order valence-electron chi connectivity index (χ3n) is 2.58. The van der Waals surface area contributed by atoms with E-state index < -0.39 is 11.9 Å². The van der Waals surface area contributed by atoms with Gasteiger partial charge in [0, 0.05) is 17.1 Å². The van der Waals surface area contributed by atoms with Crippen LogP contribution in [0.1, 0.15) is 20.7 Å². The van der Waals surface area contributed by atoms with E-state index in [1.54, 1.807) is 18.2 Å². The molecule has 0 unspecified atom stereocenters. The normalized spacial score (nSPS) is 10.2. The smallest absolute Gasteiger partial charge is 0.337 e. The summed E-state index contributed by atoms with van der Waals surface area (Å²) in [5.41, 5.74) is 6.71. The summed E-state index contributed by atoms with van der Waals surface area (Å²) in [7, 11) is 1.31. The summed E-state index contributed by atoms with van der Waals surface area (Å²) in [4.78, 5) is 26.1. The van der Waals surface area contributed by atoms with Crippen LogP contribution in [0.5, 0.6) is 0 Å². The Morgan fingerprint density at radius 1 is 1.42 bits per heavy atom. The van der Waals surface area contributed by atoms with Gasteiger partial charge in [0.05, 0.1) is 18.2 Å². The minimum atomic E-state index is -0.439. The molecule has 19 heavy (non-hydrogen) atoms. The van der Waals surface area contributed by atoms with Gasteiger partial charge in [0.1, 0.15) is 0 Å². The second kappa shape index (κ2) is 5.07. The molecule has 0 atom stereocenters. The van der Waals surface area contributed by atoms with E-state index in [0.29, 0.717) is 22.0 Å². The highest BCUT2D eigenvalue weighted by Gasteiger charge is 2.14. The quantitative estimate of drug-likeness (QED) is 0.560. The summed E-state index contributed by atoms with van der Waals surface area (Å²) in [5.74, 6) is -0.838. The number of carbonyl (C=O) groups is 2. The number of nitrogens with two attached hydrogens (primary N) is 1. The van der Waals surface area contributed by atoms with Gasteiger partial charge in [-0.05, 0) is 24.4 Å². The first kappa shape index (κ1) is 13.0. The molecule has 2 rings (SSSR count). The largest absolute Gasteiger partial charge is 0.465 e. The van der Waals surface area contributed by atoms with Crippen LogP contribution in [0.25, 0.3) is 10.9 Å². The Kier molecular flexibility index (Phi) is 3.48. The van der Waals surface area contributed by atoms with E-state index in [1.165, 1.54) is 13.3 Å². The van der Waals surface area contributed by atoms with E-state index in [4.69, 9.17) is 5.73 Å². The summed E-state index contributed by atoms with van der Waals surface area (Å²) in [6.07, 6.45) is 1.53. The first-order valence-corrected chi connectivity index (χ1v) is 5.74. The number of aromatic nitrogens is 1. The van der Waals surface area contributed by atoms with Gasteiger partial charge in [-0.2, -0.15) is 0 Å². The standard InChI is InChI=1S/C12H11N3O3S/c1-18-11(17)6-2-3-7-8(5-14-9(7)4-6)10(16)15-12(13)19/h2-5,14H,1H3,(H3,13,15,16,19). The number of nitrogens with one attached hydrogen (secondary N) is 2. The molecule has 1 heterocycles. The monoisotopic (exact) mass is 277 g/mol. The van der Waals surface area contributed by atoms with Crippen LogP contribution in [0, 0.1) is 0 Å². The van der Waals surface area contributed by atoms with E-state index in [1.807, 2.05) is 0 Å². The number of H-pyrrole nitrogens is 1. The molecule has 0 fully saturated rings. The number of aromatic amines is 1. The zero-order valence-corrected chi connectivity index (χ0v) is 10.8. The number of thiocarbonyl (C=S) groups is 1. The van der Waals surface area contributed by atoms with Crippen molar-refractivity contribution in [2.24, 2.45) is 5.73 Å². The second-order valence-electron chi connectivity index (χ2n) is 3.77. The van der Waals surface area contributed by atoms with E-state index in [0.717, 1.165) is 0 Å². The van der Waals surface area contributed by atoms with Crippen LogP contribution in [-0.4, -0.2) is 29.1 Å². The van der Waals surface area contributed by atoms with Crippen LogP contribution in [0.2, 0.25) is 0 Å². The number of esters is 1. The number of benzene rings is 1. The van der Waals surface area contributed by atoms with Crippen LogP contribution >= 0.6 is 12.2 Å². The lowest BCUT2D eigenvalue weighted by atomic mass is 10.1. The third kappa shape index (κ3) is 2.55. The Morgan fingerprint density at radius 3 is 2.79 bits per heavy atom. The van der Waals surface area contributed by atoms with Gasteiger partial charge >= 0.3 is 5.97 Å². The van der Waals surface area contributed by atoms with Gasteiger partial charge in [-0.15, -0.1) is 0 Å². The molecule has 0 aliphatic heterocycles. The average Bonchev–Trinajstić information content (AvgIpc) is 2.79. The van der Waals surface area contributed by atoms with Gasteiger partial charge < -0.3 is 15.5 Å². The molecule has 2 aromatic rings. The van der Waals surface area contributed by atoms with Gasteiger partial charge in [-0.25, -0.2) is 4.79 Å². The molecule has 0 bridgehead atoms. The van der Waals surface area contributed by atoms with Crippen LogP contribution in [0.3, 0.4) is 0 Å². The second-order valence-corrected chi connectivity index (χ2v) is 4.21. The fourth-order valence-corrected chi connectivity index (χ4v) is 1.83. The van der Waals surface area contributed by atoms with Gasteiger partial charge in [0.2, 0.25) is 0 Å². The molecular weight excluding hydrogens is 266 g/mol. The Hall–Kier alpha value is -2.41. The molecule has 0 radical (unpaired) electrons. The number of fused-ring (bicyclic) bond motifs is 1. The van der Waals surface area contributed by atoms with Crippen LogP contribution in [0.4, 0.5) is 0 Å². The minimum absolute atomic E-state index is 0.0921. The van der Waals surface area contributed by atoms with E-state index in [-0.39, 0.29) is 5.11 Å². The van der Waals surface area contributed by atoms with Crippen molar-refractivity contribution in [2.45, 2.75) is 0 Å². The number of amides is 1. The summed E-state index contributed by atoms with van der Waals surface area (Å²) in [6.45, 7) is 0. The maximum absolute atomic E-state index is 11.8. The molecule has 0 saturated carbocycles. The lowest BCUT2D eigenvalue weighted by molar-refractivity contribution is 0.0600. The summed E-state index contributed by atoms with van der Waals surface area (Å²) in [5, 5.41) is 2.92. The molecule has 1 aromatic carbocycles. The fourth-order valence-electron chi connectivity index (χ4n) is 1.74. The summed E-state index contributed by atoms with van der Waals surface area (Å²) < 4.78 is 4.63. The number of methoxy groups -OCH3 is 1. The fraction of sp³-hybridized carbons (Fsp3) is 0.0833. The molecule has 0 saturated heterocycles. The average molecular weight is 277 g/mol. The number of rotatable bonds is 2. The number of ether oxygens (including phenoxy) is 1. The van der Waals surface area contributed by atoms with Crippen LogP contribution in [0.15, 0.2) is 24.4 Å². The van der Waals surface area contributed by atoms with Crippen molar-refractivity contribution in [1.29, 1.82) is 0 Å². The van der Waals surface area contributed by atoms with Crippen LogP contribution < -0.4 is 11.1 Å². The Morgan fingerprint density at radius 2 is 2.16 bits per heavy atom. The first-order chi connectivity index (χ1) is 9.02. The van der Waals surface area contributed by atoms with Crippen LogP contribution in [-0.2, 0) is 4.74 Å². The van der Waals surface area contributed by atoms with Crippen molar-refractivity contribution in [3.63, 3.8) is 0 Å². The first-order valence-electron chi connectivity index (χ1n) is 5.33. The molecule has 0 aliphatic carbocycles. The van der Waals surface area contributed by atoms with Gasteiger partial charge in [0.25, 0.3) is 5.91 Å². The Balaban J connectivity index is 2.42. The molecule has 7 heteroatoms. The van der Waals surface area contributed by atoms with Gasteiger partial charge in [-0.1, -0.05) is 6.07 Å². The zero-order chi connectivity index (χ0) is 14.0. The molecule has 1 aromatic heterocycles. The lowest BCUT2D eigenvalue weighted by Gasteiger charge is -2.02. The Bertz CT molecular complexity index is 678. The highest BCUT2D eigenvalue weighted by Crippen LogP contribution is 2.20. The summed E-state index contributed by atoms with van der Waals surface area (Å²) in [6, 6.07) is 4.85. The predicted molar refractivity (Wildman–Crippen MR) is 73.9 cm³/mol. The maximum Gasteiger partial charge on any atom is 0.337 e. The van der Waals surface area contributed by atoms with Crippen molar-refractivity contribution in [3.05, 3.63) is 35.5 Å². The van der Waals surface area contributed by atoms with Crippen molar-refractivity contribution in [3.8, 4) is 0 Å². The van der Waals surface area contributed by atoms with Crippen molar-refractivity contribution < 1.29 is 14.3 Å². The van der Waals surface area contributed by atoms with Crippen molar-refractivity contribution in [1.82, 2.24) is 10.3 Å². The summed E-state index contributed by atoms with van der Waals surface area (Å²) >= 11 is 4.61. The third-order valence-corrected chi connectivity index (χ3v) is 2.69. The van der Waals surface area contributed by atoms with Gasteiger partial charge in [-0.3, -0.25) is 10.1 Å². The number of hydrogen-bond donors (Lipinski definition) is 3. The predicted octanol–water partition coefficient (Wildman–Crippen LogP) is 0.928. The number of hydrogen-bond acceptors (Lipinski definition) is 4. The minimum Gasteiger partial charge on any atom is -0.465 e. The SMILES string of the molecule is COC(=O)c1ccc2c(C(=O)NC(N)=S)c[nH]c2c1. The van der Waals surface area contributed by atoms with Crippen molar-refractivity contribution in [2.75, 3.05) is 7.11 Å². The molecule has 0 spiro atoms. The Labute approximate surface area is 113 Å². The van der Waals surface area contributed by atoms with E-state index in [9.17, 15) is 9.59 Å². The number of carbonyl (C=O) groups excluding carboxylic acids is 2. The maximum atomic E-state index is 11.8. The molecule has 4 N–H and O–H groups in total. The highest BCUT2D eigenvalue weighted by atomic mass is 32.1. The van der Waals surface area contributed by atoms with E-state index >= 15 is 0 Å². The lowest BCUT2D eigenvalue weighted by Crippen LogP contribution is -2.34. The van der Waals surface area contributed by atoms with Gasteiger partial charge in [0.15, 0.2) is 5.11 Å². The molecule has 98 valence electrons. The zero-order valence-electron chi connectivity index (χ0n) is 10.0. The topological polar surface area (TPSA) is 97.2 Å². The van der Waals surface area contributed by atoms with Crippen molar-refractivity contribution >= 4 is 40.1 Å². The van der Waals surface area contributed by atoms with E-state index in [2.05, 4.69) is 27.3 Å². The highest BCUT2D eigenvalue weighted by molar-refractivity contribution is 7.80. The molecule has 0 aliphatic rings. The molecular formula is C12H11N3O3S. The molecule has 6 nitrogen and oxygen atoms in total.